The van der Waals surface area contributed by atoms with Crippen LogP contribution in [0.2, 0.25) is 0 Å². The highest BCUT2D eigenvalue weighted by Crippen LogP contribution is 2.33. The summed E-state index contributed by atoms with van der Waals surface area (Å²) in [7, 11) is 1.48. The summed E-state index contributed by atoms with van der Waals surface area (Å²) in [5.41, 5.74) is 5.48. The van der Waals surface area contributed by atoms with E-state index < -0.39 is 12.0 Å². The first-order chi connectivity index (χ1) is 18.9. The van der Waals surface area contributed by atoms with Crippen LogP contribution in [-0.4, -0.2) is 60.4 Å². The minimum absolute atomic E-state index is 0.176. The lowest BCUT2D eigenvalue weighted by Crippen LogP contribution is -2.39. The second-order valence-corrected chi connectivity index (χ2v) is 9.76. The van der Waals surface area contributed by atoms with E-state index in [1.165, 1.54) is 13.2 Å². The standard InChI is InChI=1S/C29H32FN7O2/c1-19(9-10-25-20(2)28(34-33-25)22-11-13-31-14-12-22)37-18-23(32-35-37)16-21-6-5-15-36(17-21)29(38)27-24(30)7-4-8-26(27)39-3/h4,7-14,18,21,29,38H,1,5-6,15-17H2,2-3H3,(H,33,34). The van der Waals surface area contributed by atoms with E-state index in [4.69, 9.17) is 4.74 Å². The van der Waals surface area contributed by atoms with Gasteiger partial charge in [0.1, 0.15) is 17.8 Å². The van der Waals surface area contributed by atoms with Gasteiger partial charge < -0.3 is 9.84 Å². The average molecular weight is 530 g/mol. The van der Waals surface area contributed by atoms with Crippen molar-refractivity contribution in [3.8, 4) is 17.0 Å². The Bertz CT molecular complexity index is 1460. The molecule has 0 radical (unpaired) electrons. The molecule has 4 heterocycles. The van der Waals surface area contributed by atoms with Gasteiger partial charge >= 0.3 is 0 Å². The lowest BCUT2D eigenvalue weighted by atomic mass is 9.93. The smallest absolute Gasteiger partial charge is 0.140 e. The Morgan fingerprint density at radius 1 is 1.31 bits per heavy atom. The highest BCUT2D eigenvalue weighted by molar-refractivity contribution is 5.70. The van der Waals surface area contributed by atoms with Gasteiger partial charge in [-0.3, -0.25) is 15.0 Å². The molecule has 0 saturated carbocycles. The van der Waals surface area contributed by atoms with Crippen molar-refractivity contribution in [1.29, 1.82) is 0 Å². The van der Waals surface area contributed by atoms with E-state index in [1.54, 1.807) is 29.2 Å². The van der Waals surface area contributed by atoms with Gasteiger partial charge in [0.25, 0.3) is 0 Å². The second kappa shape index (κ2) is 11.7. The summed E-state index contributed by atoms with van der Waals surface area (Å²) in [5, 5.41) is 27.1. The number of aliphatic hydroxyl groups excluding tert-OH is 1. The van der Waals surface area contributed by atoms with E-state index in [0.29, 0.717) is 31.0 Å². The number of ether oxygens (including phenoxy) is 1. The van der Waals surface area contributed by atoms with Crippen LogP contribution in [0.25, 0.3) is 23.0 Å². The number of likely N-dealkylation sites (tertiary alicyclic amines) is 1. The van der Waals surface area contributed by atoms with Gasteiger partial charge in [0.2, 0.25) is 0 Å². The van der Waals surface area contributed by atoms with Crippen molar-refractivity contribution in [3.05, 3.63) is 89.9 Å². The third kappa shape index (κ3) is 5.81. The van der Waals surface area contributed by atoms with Gasteiger partial charge in [0.05, 0.1) is 41.6 Å². The first-order valence-corrected chi connectivity index (χ1v) is 12.9. The highest BCUT2D eigenvalue weighted by Gasteiger charge is 2.29. The molecule has 3 aromatic heterocycles. The zero-order valence-electron chi connectivity index (χ0n) is 22.1. The van der Waals surface area contributed by atoms with Crippen LogP contribution in [0, 0.1) is 18.7 Å². The molecule has 1 aliphatic rings. The number of piperidine rings is 1. The van der Waals surface area contributed by atoms with Gasteiger partial charge in [-0.2, -0.15) is 5.10 Å². The van der Waals surface area contributed by atoms with E-state index in [2.05, 4.69) is 32.1 Å². The molecule has 1 fully saturated rings. The molecule has 1 aromatic carbocycles. The van der Waals surface area contributed by atoms with Crippen molar-refractivity contribution in [2.24, 2.45) is 5.92 Å². The zero-order valence-corrected chi connectivity index (χ0v) is 22.1. The molecule has 1 saturated heterocycles. The van der Waals surface area contributed by atoms with Gasteiger partial charge in [-0.25, -0.2) is 9.07 Å². The number of nitrogens with zero attached hydrogens (tertiary/aromatic N) is 6. The summed E-state index contributed by atoms with van der Waals surface area (Å²) in [5.74, 6) is 0.120. The summed E-state index contributed by atoms with van der Waals surface area (Å²) in [6.45, 7) is 7.44. The van der Waals surface area contributed by atoms with Crippen LogP contribution in [0.4, 0.5) is 4.39 Å². The number of methoxy groups -OCH3 is 1. The van der Waals surface area contributed by atoms with Crippen molar-refractivity contribution < 1.29 is 14.2 Å². The van der Waals surface area contributed by atoms with E-state index in [-0.39, 0.29) is 11.5 Å². The maximum absolute atomic E-state index is 14.5. The van der Waals surface area contributed by atoms with Crippen molar-refractivity contribution in [2.45, 2.75) is 32.4 Å². The van der Waals surface area contributed by atoms with Gasteiger partial charge in [-0.05, 0) is 68.5 Å². The van der Waals surface area contributed by atoms with E-state index in [0.717, 1.165) is 41.1 Å². The van der Waals surface area contributed by atoms with Gasteiger partial charge in [-0.1, -0.05) is 17.9 Å². The summed E-state index contributed by atoms with van der Waals surface area (Å²) >= 11 is 0. The Labute approximate surface area is 226 Å². The summed E-state index contributed by atoms with van der Waals surface area (Å²) in [6.07, 6.45) is 10.7. The number of aromatic nitrogens is 6. The summed E-state index contributed by atoms with van der Waals surface area (Å²) in [6, 6.07) is 8.43. The molecule has 0 aliphatic carbocycles. The molecule has 0 bridgehead atoms. The van der Waals surface area contributed by atoms with Crippen molar-refractivity contribution in [2.75, 3.05) is 20.2 Å². The number of rotatable bonds is 9. The first kappa shape index (κ1) is 26.5. The average Bonchev–Trinajstić information content (AvgIpc) is 3.58. The van der Waals surface area contributed by atoms with Crippen LogP contribution in [0.5, 0.6) is 5.75 Å². The molecule has 5 rings (SSSR count). The molecule has 202 valence electrons. The minimum Gasteiger partial charge on any atom is -0.496 e. The van der Waals surface area contributed by atoms with Crippen LogP contribution in [0.3, 0.4) is 0 Å². The fourth-order valence-corrected chi connectivity index (χ4v) is 5.06. The number of pyridine rings is 1. The molecule has 0 amide bonds. The third-order valence-electron chi connectivity index (χ3n) is 7.16. The number of allylic oxidation sites excluding steroid dienone is 2. The third-order valence-corrected chi connectivity index (χ3v) is 7.16. The monoisotopic (exact) mass is 529 g/mol. The topological polar surface area (TPSA) is 105 Å². The van der Waals surface area contributed by atoms with Gasteiger partial charge in [0, 0.05) is 36.6 Å². The van der Waals surface area contributed by atoms with Crippen molar-refractivity contribution in [3.63, 3.8) is 0 Å². The molecular weight excluding hydrogens is 497 g/mol. The normalized spacial score (nSPS) is 17.0. The van der Waals surface area contributed by atoms with Crippen LogP contribution >= 0.6 is 0 Å². The molecular formula is C29H32FN7O2. The minimum atomic E-state index is -1.07. The number of benzene rings is 1. The predicted octanol–water partition coefficient (Wildman–Crippen LogP) is 4.65. The zero-order chi connectivity index (χ0) is 27.4. The number of H-pyrrole nitrogens is 1. The van der Waals surface area contributed by atoms with E-state index in [1.807, 2.05) is 42.3 Å². The Hall–Kier alpha value is -4.15. The maximum Gasteiger partial charge on any atom is 0.140 e. The van der Waals surface area contributed by atoms with Crippen LogP contribution in [-0.2, 0) is 6.42 Å². The summed E-state index contributed by atoms with van der Waals surface area (Å²) in [4.78, 5) is 5.96. The maximum atomic E-state index is 14.5. The molecule has 2 atom stereocenters. The van der Waals surface area contributed by atoms with Crippen LogP contribution in [0.15, 0.2) is 61.6 Å². The molecule has 10 heteroatoms. The van der Waals surface area contributed by atoms with Crippen LogP contribution < -0.4 is 4.74 Å². The quantitative estimate of drug-likeness (QED) is 0.304. The van der Waals surface area contributed by atoms with Gasteiger partial charge in [-0.15, -0.1) is 5.10 Å². The number of halogens is 1. The fraction of sp³-hybridized carbons (Fsp3) is 0.310. The Morgan fingerprint density at radius 2 is 2.13 bits per heavy atom. The van der Waals surface area contributed by atoms with Crippen molar-refractivity contribution >= 4 is 11.8 Å². The molecule has 4 aromatic rings. The number of hydrogen-bond acceptors (Lipinski definition) is 7. The molecule has 0 spiro atoms. The lowest BCUT2D eigenvalue weighted by molar-refractivity contribution is -0.0274. The fourth-order valence-electron chi connectivity index (χ4n) is 5.06. The Morgan fingerprint density at radius 3 is 2.92 bits per heavy atom. The van der Waals surface area contributed by atoms with Gasteiger partial charge in [0.15, 0.2) is 0 Å². The summed E-state index contributed by atoms with van der Waals surface area (Å²) < 4.78 is 21.5. The number of aromatic amines is 1. The second-order valence-electron chi connectivity index (χ2n) is 9.76. The molecule has 2 N–H and O–H groups in total. The number of aliphatic hydroxyl groups is 1. The molecule has 2 unspecified atom stereocenters. The molecule has 9 nitrogen and oxygen atoms in total. The first-order valence-electron chi connectivity index (χ1n) is 12.9. The van der Waals surface area contributed by atoms with Crippen LogP contribution in [0.1, 0.15) is 41.6 Å². The highest BCUT2D eigenvalue weighted by atomic mass is 19.1. The molecule has 39 heavy (non-hydrogen) atoms. The SMILES string of the molecule is C=C(C=Cc1[nH]nc(-c2ccncc2)c1C)n1cc(CC2CCCN(C(O)c3c(F)cccc3OC)C2)nn1. The number of hydrogen-bond donors (Lipinski definition) is 2. The largest absolute Gasteiger partial charge is 0.496 e. The molecule has 1 aliphatic heterocycles. The van der Waals surface area contributed by atoms with E-state index >= 15 is 0 Å². The van der Waals surface area contributed by atoms with E-state index in [9.17, 15) is 9.50 Å². The van der Waals surface area contributed by atoms with Crippen molar-refractivity contribution in [1.82, 2.24) is 35.1 Å². The Kier molecular flexibility index (Phi) is 7.94. The lowest BCUT2D eigenvalue weighted by Gasteiger charge is -2.36. The number of nitrogens with one attached hydrogen (secondary N) is 1. The Balaban J connectivity index is 1.21. The predicted molar refractivity (Wildman–Crippen MR) is 147 cm³/mol.